The molecular formula is C47H52N6O5. The molecule has 0 aliphatic rings. The number of unbranched alkanes of at least 4 members (excludes halogenated alkanes) is 4. The van der Waals surface area contributed by atoms with Crippen LogP contribution >= 0.6 is 0 Å². The van der Waals surface area contributed by atoms with E-state index < -0.39 is 29.9 Å². The maximum atomic E-state index is 13.9. The van der Waals surface area contributed by atoms with Gasteiger partial charge in [-0.2, -0.15) is 0 Å². The van der Waals surface area contributed by atoms with Gasteiger partial charge in [0.15, 0.2) is 5.82 Å². The lowest BCUT2D eigenvalue weighted by Crippen LogP contribution is -2.53. The summed E-state index contributed by atoms with van der Waals surface area (Å²) in [7, 11) is 0. The molecule has 2 atom stereocenters. The minimum atomic E-state index is -1.25. The van der Waals surface area contributed by atoms with Crippen LogP contribution in [0.2, 0.25) is 0 Å². The fourth-order valence-electron chi connectivity index (χ4n) is 6.74. The number of aromatic nitrogens is 4. The van der Waals surface area contributed by atoms with Crippen molar-refractivity contribution in [3.8, 4) is 28.3 Å². The molecule has 3 aromatic heterocycles. The number of H-pyrrole nitrogens is 1. The zero-order chi connectivity index (χ0) is 41.1. The quantitative estimate of drug-likeness (QED) is 0.0633. The van der Waals surface area contributed by atoms with Crippen molar-refractivity contribution < 1.29 is 24.2 Å². The van der Waals surface area contributed by atoms with E-state index in [0.29, 0.717) is 29.2 Å². The average molecular weight is 781 g/mol. The van der Waals surface area contributed by atoms with Gasteiger partial charge < -0.3 is 25.5 Å². The van der Waals surface area contributed by atoms with Crippen LogP contribution < -0.4 is 15.4 Å². The second-order valence-corrected chi connectivity index (χ2v) is 15.7. The molecule has 0 bridgehead atoms. The molecule has 6 rings (SSSR count). The standard InChI is InChI=1S/C47H52N6O5/c1-5-6-7-8-9-25-58-38-22-18-32(19-23-38)36-29-49-42(50-30-36)33-14-12-31(13-15-33)26-40(52-44(54)34-16-20-37(21-17-34)47(2,3)4)45(55)53-41(46(56)57)27-35-28-51-43-39(35)11-10-24-48-43/h10-24,28-30,40-41H,5-9,25-27H2,1-4H3,(H,48,51)(H,52,54)(H,53,55)(H,56,57). The summed E-state index contributed by atoms with van der Waals surface area (Å²) in [5.74, 6) is -0.873. The summed E-state index contributed by atoms with van der Waals surface area (Å²) in [4.78, 5) is 56.5. The summed E-state index contributed by atoms with van der Waals surface area (Å²) in [6.45, 7) is 9.20. The van der Waals surface area contributed by atoms with Crippen molar-refractivity contribution in [1.29, 1.82) is 0 Å². The number of amides is 2. The van der Waals surface area contributed by atoms with Gasteiger partial charge in [0.25, 0.3) is 5.91 Å². The van der Waals surface area contributed by atoms with Gasteiger partial charge in [0.05, 0.1) is 6.61 Å². The monoisotopic (exact) mass is 780 g/mol. The van der Waals surface area contributed by atoms with Crippen LogP contribution in [0, 0.1) is 0 Å². The Labute approximate surface area is 339 Å². The van der Waals surface area contributed by atoms with Crippen LogP contribution in [0.25, 0.3) is 33.5 Å². The van der Waals surface area contributed by atoms with Crippen molar-refractivity contribution in [1.82, 2.24) is 30.6 Å². The van der Waals surface area contributed by atoms with Gasteiger partial charge >= 0.3 is 5.97 Å². The van der Waals surface area contributed by atoms with E-state index in [0.717, 1.165) is 45.4 Å². The van der Waals surface area contributed by atoms with E-state index in [-0.39, 0.29) is 18.3 Å². The molecule has 4 N–H and O–H groups in total. The third kappa shape index (κ3) is 10.9. The number of hydrogen-bond acceptors (Lipinski definition) is 7. The highest BCUT2D eigenvalue weighted by Crippen LogP contribution is 2.25. The predicted octanol–water partition coefficient (Wildman–Crippen LogP) is 8.49. The summed E-state index contributed by atoms with van der Waals surface area (Å²) < 4.78 is 5.91. The summed E-state index contributed by atoms with van der Waals surface area (Å²) in [5, 5.41) is 16.5. The smallest absolute Gasteiger partial charge is 0.326 e. The largest absolute Gasteiger partial charge is 0.494 e. The number of carbonyl (C=O) groups is 3. The number of benzene rings is 3. The van der Waals surface area contributed by atoms with E-state index in [9.17, 15) is 19.5 Å². The van der Waals surface area contributed by atoms with Crippen LogP contribution in [0.3, 0.4) is 0 Å². The van der Waals surface area contributed by atoms with E-state index >= 15 is 0 Å². The molecule has 0 fully saturated rings. The lowest BCUT2D eigenvalue weighted by atomic mass is 9.86. The van der Waals surface area contributed by atoms with Gasteiger partial charge in [-0.3, -0.25) is 9.59 Å². The first-order chi connectivity index (χ1) is 28.0. The van der Waals surface area contributed by atoms with Crippen molar-refractivity contribution in [3.63, 3.8) is 0 Å². The topological polar surface area (TPSA) is 159 Å². The van der Waals surface area contributed by atoms with Crippen LogP contribution in [0.5, 0.6) is 5.75 Å². The first-order valence-corrected chi connectivity index (χ1v) is 20.0. The number of ether oxygens (including phenoxy) is 1. The number of carboxylic acids is 1. The average Bonchev–Trinajstić information content (AvgIpc) is 3.64. The number of carboxylic acid groups (broad SMARTS) is 1. The molecule has 3 heterocycles. The number of aliphatic carboxylic acids is 1. The van der Waals surface area contributed by atoms with Crippen LogP contribution in [0.15, 0.2) is 110 Å². The van der Waals surface area contributed by atoms with Gasteiger partial charge in [-0.15, -0.1) is 0 Å². The predicted molar refractivity (Wildman–Crippen MR) is 227 cm³/mol. The SMILES string of the molecule is CCCCCCCOc1ccc(-c2cnc(-c3ccc(CC(NC(=O)c4ccc(C(C)(C)C)cc4)C(=O)NC(Cc4c[nH]c5ncccc45)C(=O)O)cc3)nc2)cc1. The lowest BCUT2D eigenvalue weighted by Gasteiger charge is -2.22. The molecule has 6 aromatic rings. The maximum absolute atomic E-state index is 13.9. The molecule has 300 valence electrons. The molecule has 0 radical (unpaired) electrons. The fraction of sp³-hybridized carbons (Fsp3) is 0.319. The van der Waals surface area contributed by atoms with E-state index in [1.165, 1.54) is 25.7 Å². The zero-order valence-corrected chi connectivity index (χ0v) is 33.6. The molecule has 0 spiro atoms. The van der Waals surface area contributed by atoms with Gasteiger partial charge in [0, 0.05) is 59.7 Å². The molecule has 0 saturated carbocycles. The lowest BCUT2D eigenvalue weighted by molar-refractivity contribution is -0.142. The Morgan fingerprint density at radius 1 is 0.759 bits per heavy atom. The van der Waals surface area contributed by atoms with Gasteiger partial charge in [0.2, 0.25) is 5.91 Å². The molecule has 2 unspecified atom stereocenters. The highest BCUT2D eigenvalue weighted by Gasteiger charge is 2.28. The summed E-state index contributed by atoms with van der Waals surface area (Å²) in [5.41, 5.74) is 6.08. The van der Waals surface area contributed by atoms with Crippen molar-refractivity contribution in [3.05, 3.63) is 132 Å². The number of nitrogens with zero attached hydrogens (tertiary/aromatic N) is 3. The number of carbonyl (C=O) groups excluding carboxylic acids is 2. The number of fused-ring (bicyclic) bond motifs is 1. The number of pyridine rings is 1. The Hall–Kier alpha value is -6.36. The Balaban J connectivity index is 1.14. The fourth-order valence-corrected chi connectivity index (χ4v) is 6.74. The highest BCUT2D eigenvalue weighted by molar-refractivity contribution is 5.98. The van der Waals surface area contributed by atoms with Gasteiger partial charge in [0.1, 0.15) is 23.5 Å². The zero-order valence-electron chi connectivity index (χ0n) is 33.6. The first-order valence-electron chi connectivity index (χ1n) is 20.0. The Morgan fingerprint density at radius 2 is 1.45 bits per heavy atom. The van der Waals surface area contributed by atoms with Crippen molar-refractivity contribution >= 4 is 28.8 Å². The van der Waals surface area contributed by atoms with Crippen LogP contribution in [-0.2, 0) is 27.8 Å². The highest BCUT2D eigenvalue weighted by atomic mass is 16.5. The first kappa shape index (κ1) is 41.3. The number of hydrogen-bond donors (Lipinski definition) is 4. The second-order valence-electron chi connectivity index (χ2n) is 15.7. The van der Waals surface area contributed by atoms with E-state index in [4.69, 9.17) is 4.74 Å². The summed E-state index contributed by atoms with van der Waals surface area (Å²) in [6, 6.07) is 23.9. The van der Waals surface area contributed by atoms with E-state index in [1.807, 2.05) is 66.7 Å². The molecule has 58 heavy (non-hydrogen) atoms. The molecule has 11 heteroatoms. The molecule has 3 aromatic carbocycles. The van der Waals surface area contributed by atoms with Crippen molar-refractivity contribution in [2.75, 3.05) is 6.61 Å². The van der Waals surface area contributed by atoms with Gasteiger partial charge in [-0.1, -0.05) is 102 Å². The van der Waals surface area contributed by atoms with Gasteiger partial charge in [-0.05, 0) is 70.5 Å². The number of nitrogens with one attached hydrogen (secondary N) is 3. The third-order valence-corrected chi connectivity index (χ3v) is 10.2. The number of rotatable bonds is 18. The van der Waals surface area contributed by atoms with Crippen LogP contribution in [0.1, 0.15) is 86.8 Å². The van der Waals surface area contributed by atoms with E-state index in [2.05, 4.69) is 58.3 Å². The summed E-state index contributed by atoms with van der Waals surface area (Å²) in [6.07, 6.45) is 13.0. The second kappa shape index (κ2) is 19.2. The molecule has 0 aliphatic carbocycles. The molecule has 2 amide bonds. The normalized spacial score (nSPS) is 12.5. The van der Waals surface area contributed by atoms with E-state index in [1.54, 1.807) is 43.0 Å². The van der Waals surface area contributed by atoms with Crippen LogP contribution in [-0.4, -0.2) is 61.5 Å². The minimum absolute atomic E-state index is 0.0220. The molecule has 11 nitrogen and oxygen atoms in total. The van der Waals surface area contributed by atoms with Crippen molar-refractivity contribution in [2.24, 2.45) is 0 Å². The summed E-state index contributed by atoms with van der Waals surface area (Å²) >= 11 is 0. The van der Waals surface area contributed by atoms with Gasteiger partial charge in [-0.25, -0.2) is 19.7 Å². The molecule has 0 aliphatic heterocycles. The Morgan fingerprint density at radius 3 is 2.12 bits per heavy atom. The maximum Gasteiger partial charge on any atom is 0.326 e. The Bertz CT molecular complexity index is 2280. The third-order valence-electron chi connectivity index (χ3n) is 10.2. The minimum Gasteiger partial charge on any atom is -0.494 e. The molecule has 0 saturated heterocycles. The Kier molecular flexibility index (Phi) is 13.7. The number of aromatic amines is 1. The molecular weight excluding hydrogens is 729 g/mol. The van der Waals surface area contributed by atoms with Crippen molar-refractivity contribution in [2.45, 2.75) is 90.1 Å². The van der Waals surface area contributed by atoms with Crippen LogP contribution in [0.4, 0.5) is 0 Å².